The van der Waals surface area contributed by atoms with Crippen molar-refractivity contribution in [3.63, 3.8) is 0 Å². The van der Waals surface area contributed by atoms with Gasteiger partial charge in [-0.1, -0.05) is 19.9 Å². The lowest BCUT2D eigenvalue weighted by Gasteiger charge is -2.20. The van der Waals surface area contributed by atoms with Crippen LogP contribution in [0, 0.1) is 0 Å². The smallest absolute Gasteiger partial charge is 0.255 e. The molecule has 0 fully saturated rings. The second kappa shape index (κ2) is 9.53. The van der Waals surface area contributed by atoms with Crippen molar-refractivity contribution in [2.75, 3.05) is 30.8 Å². The molecule has 0 aromatic heterocycles. The first-order valence-corrected chi connectivity index (χ1v) is 10.5. The predicted molar refractivity (Wildman–Crippen MR) is 112 cm³/mol. The van der Waals surface area contributed by atoms with Crippen LogP contribution < -0.4 is 15.4 Å². The van der Waals surface area contributed by atoms with Crippen LogP contribution >= 0.6 is 0 Å². The van der Waals surface area contributed by atoms with Gasteiger partial charge in [-0.2, -0.15) is 4.31 Å². The predicted octanol–water partition coefficient (Wildman–Crippen LogP) is 2.94. The summed E-state index contributed by atoms with van der Waals surface area (Å²) < 4.78 is 32.4. The number of nitrogens with one attached hydrogen (secondary N) is 2. The lowest BCUT2D eigenvalue weighted by molar-refractivity contribution is -0.114. The lowest BCUT2D eigenvalue weighted by Crippen LogP contribution is -2.31. The SMILES string of the molecule is CCN(CC)S(=O)(=O)c1cc(C(=O)Nc2cccc(NC(C)=O)c2)ccc1OC. The second-order valence-electron chi connectivity index (χ2n) is 6.17. The molecule has 2 aromatic carbocycles. The van der Waals surface area contributed by atoms with E-state index in [9.17, 15) is 18.0 Å². The maximum absolute atomic E-state index is 12.9. The number of amides is 2. The molecule has 0 bridgehead atoms. The molecule has 0 atom stereocenters. The molecule has 156 valence electrons. The first-order chi connectivity index (χ1) is 13.7. The lowest BCUT2D eigenvalue weighted by atomic mass is 10.2. The van der Waals surface area contributed by atoms with Crippen LogP contribution in [0.1, 0.15) is 31.1 Å². The first-order valence-electron chi connectivity index (χ1n) is 9.10. The molecule has 2 N–H and O–H groups in total. The van der Waals surface area contributed by atoms with Gasteiger partial charge < -0.3 is 15.4 Å². The number of hydrogen-bond acceptors (Lipinski definition) is 5. The molecule has 0 unspecified atom stereocenters. The van der Waals surface area contributed by atoms with Gasteiger partial charge >= 0.3 is 0 Å². The van der Waals surface area contributed by atoms with E-state index in [2.05, 4.69) is 10.6 Å². The summed E-state index contributed by atoms with van der Waals surface area (Å²) in [5.41, 5.74) is 1.17. The van der Waals surface area contributed by atoms with Crippen molar-refractivity contribution in [1.29, 1.82) is 0 Å². The first kappa shape index (κ1) is 22.4. The van der Waals surface area contributed by atoms with E-state index in [1.807, 2.05) is 0 Å². The fourth-order valence-corrected chi connectivity index (χ4v) is 4.44. The van der Waals surface area contributed by atoms with Crippen LogP contribution in [0.2, 0.25) is 0 Å². The van der Waals surface area contributed by atoms with E-state index in [0.717, 1.165) is 0 Å². The number of anilines is 2. The Morgan fingerprint density at radius 2 is 1.62 bits per heavy atom. The van der Waals surface area contributed by atoms with Gasteiger partial charge in [-0.05, 0) is 36.4 Å². The zero-order valence-corrected chi connectivity index (χ0v) is 17.7. The Bertz CT molecular complexity index is 1000. The summed E-state index contributed by atoms with van der Waals surface area (Å²) in [6.07, 6.45) is 0. The third kappa shape index (κ3) is 5.33. The molecule has 0 saturated heterocycles. The maximum atomic E-state index is 12.9. The highest BCUT2D eigenvalue weighted by Crippen LogP contribution is 2.28. The molecule has 29 heavy (non-hydrogen) atoms. The number of nitrogens with zero attached hydrogens (tertiary/aromatic N) is 1. The minimum Gasteiger partial charge on any atom is -0.495 e. The maximum Gasteiger partial charge on any atom is 0.255 e. The number of hydrogen-bond donors (Lipinski definition) is 2. The topological polar surface area (TPSA) is 105 Å². The zero-order valence-electron chi connectivity index (χ0n) is 16.9. The molecule has 0 aliphatic carbocycles. The zero-order chi connectivity index (χ0) is 21.6. The summed E-state index contributed by atoms with van der Waals surface area (Å²) in [6, 6.07) is 10.9. The third-order valence-electron chi connectivity index (χ3n) is 4.19. The summed E-state index contributed by atoms with van der Waals surface area (Å²) in [4.78, 5) is 23.8. The van der Waals surface area contributed by atoms with Crippen LogP contribution in [0.3, 0.4) is 0 Å². The highest BCUT2D eigenvalue weighted by Gasteiger charge is 2.26. The van der Waals surface area contributed by atoms with Gasteiger partial charge in [0.05, 0.1) is 7.11 Å². The number of carbonyl (C=O) groups is 2. The van der Waals surface area contributed by atoms with Crippen molar-refractivity contribution < 1.29 is 22.7 Å². The Balaban J connectivity index is 2.36. The molecule has 2 amide bonds. The number of rotatable bonds is 8. The van der Waals surface area contributed by atoms with E-state index < -0.39 is 15.9 Å². The van der Waals surface area contributed by atoms with Crippen LogP contribution in [0.15, 0.2) is 47.4 Å². The average Bonchev–Trinajstić information content (AvgIpc) is 2.68. The van der Waals surface area contributed by atoms with Crippen molar-refractivity contribution in [3.8, 4) is 5.75 Å². The number of ether oxygens (including phenoxy) is 1. The van der Waals surface area contributed by atoms with Crippen LogP contribution in [-0.2, 0) is 14.8 Å². The van der Waals surface area contributed by atoms with E-state index in [0.29, 0.717) is 24.5 Å². The minimum atomic E-state index is -3.81. The molecule has 0 heterocycles. The number of sulfonamides is 1. The number of methoxy groups -OCH3 is 1. The Labute approximate surface area is 170 Å². The van der Waals surface area contributed by atoms with Gasteiger partial charge in [-0.15, -0.1) is 0 Å². The molecule has 0 spiro atoms. The van der Waals surface area contributed by atoms with E-state index >= 15 is 0 Å². The molecule has 0 aliphatic heterocycles. The van der Waals surface area contributed by atoms with Gasteiger partial charge in [0.2, 0.25) is 15.9 Å². The van der Waals surface area contributed by atoms with Crippen LogP contribution in [0.25, 0.3) is 0 Å². The number of benzene rings is 2. The van der Waals surface area contributed by atoms with Crippen molar-refractivity contribution in [3.05, 3.63) is 48.0 Å². The van der Waals surface area contributed by atoms with Gasteiger partial charge in [-0.3, -0.25) is 9.59 Å². The summed E-state index contributed by atoms with van der Waals surface area (Å²) in [5, 5.41) is 5.34. The van der Waals surface area contributed by atoms with Crippen LogP contribution in [0.5, 0.6) is 5.75 Å². The third-order valence-corrected chi connectivity index (χ3v) is 6.26. The normalized spacial score (nSPS) is 11.2. The highest BCUT2D eigenvalue weighted by atomic mass is 32.2. The molecule has 2 rings (SSSR count). The van der Waals surface area contributed by atoms with Gasteiger partial charge in [0, 0.05) is 37.0 Å². The van der Waals surface area contributed by atoms with Gasteiger partial charge in [0.1, 0.15) is 10.6 Å². The molecule has 8 nitrogen and oxygen atoms in total. The Hall–Kier alpha value is -2.91. The largest absolute Gasteiger partial charge is 0.495 e. The van der Waals surface area contributed by atoms with E-state index in [1.165, 1.54) is 36.5 Å². The van der Waals surface area contributed by atoms with Gasteiger partial charge in [0.15, 0.2) is 0 Å². The Morgan fingerprint density at radius 3 is 2.17 bits per heavy atom. The molecule has 0 saturated carbocycles. The van der Waals surface area contributed by atoms with Crippen molar-refractivity contribution in [2.24, 2.45) is 0 Å². The molecule has 0 radical (unpaired) electrons. The second-order valence-corrected chi connectivity index (χ2v) is 8.08. The quantitative estimate of drug-likeness (QED) is 0.684. The van der Waals surface area contributed by atoms with Crippen LogP contribution in [0.4, 0.5) is 11.4 Å². The Kier molecular flexibility index (Phi) is 7.35. The minimum absolute atomic E-state index is 0.0663. The molecular weight excluding hydrogens is 394 g/mol. The fraction of sp³-hybridized carbons (Fsp3) is 0.300. The van der Waals surface area contributed by atoms with Gasteiger partial charge in [0.25, 0.3) is 5.91 Å². The molecule has 9 heteroatoms. The van der Waals surface area contributed by atoms with E-state index in [1.54, 1.807) is 38.1 Å². The summed E-state index contributed by atoms with van der Waals surface area (Å²) in [6.45, 7) is 5.47. The van der Waals surface area contributed by atoms with Crippen molar-refractivity contribution >= 4 is 33.2 Å². The fourth-order valence-electron chi connectivity index (χ4n) is 2.80. The summed E-state index contributed by atoms with van der Waals surface area (Å²) in [5.74, 6) is -0.542. The van der Waals surface area contributed by atoms with Gasteiger partial charge in [-0.25, -0.2) is 8.42 Å². The average molecular weight is 420 g/mol. The monoisotopic (exact) mass is 419 g/mol. The molecule has 0 aliphatic rings. The summed E-state index contributed by atoms with van der Waals surface area (Å²) in [7, 11) is -2.43. The number of carbonyl (C=O) groups excluding carboxylic acids is 2. The van der Waals surface area contributed by atoms with Crippen molar-refractivity contribution in [2.45, 2.75) is 25.7 Å². The Morgan fingerprint density at radius 1 is 1.00 bits per heavy atom. The molecule has 2 aromatic rings. The van der Waals surface area contributed by atoms with E-state index in [-0.39, 0.29) is 22.1 Å². The van der Waals surface area contributed by atoms with E-state index in [4.69, 9.17) is 4.74 Å². The highest BCUT2D eigenvalue weighted by molar-refractivity contribution is 7.89. The summed E-state index contributed by atoms with van der Waals surface area (Å²) >= 11 is 0. The van der Waals surface area contributed by atoms with Crippen molar-refractivity contribution in [1.82, 2.24) is 4.31 Å². The molecular formula is C20H25N3O5S. The van der Waals surface area contributed by atoms with Crippen LogP contribution in [-0.4, -0.2) is 44.7 Å². The standard InChI is InChI=1S/C20H25N3O5S/c1-5-23(6-2)29(26,27)19-12-15(10-11-18(19)28-4)20(25)22-17-9-7-8-16(13-17)21-14(3)24/h7-13H,5-6H2,1-4H3,(H,21,24)(H,22,25).